The van der Waals surface area contributed by atoms with E-state index in [4.69, 9.17) is 5.11 Å². The Labute approximate surface area is 76.7 Å². The fourth-order valence-electron chi connectivity index (χ4n) is 0.953. The lowest BCUT2D eigenvalue weighted by atomic mass is 10.1. The average Bonchev–Trinajstić information content (AvgIpc) is 2.16. The van der Waals surface area contributed by atoms with Crippen LogP contribution in [-0.2, 0) is 11.2 Å². The Bertz CT molecular complexity index is 312. The summed E-state index contributed by atoms with van der Waals surface area (Å²) in [5.74, 6) is -0.736. The van der Waals surface area contributed by atoms with Gasteiger partial charge in [0.2, 0.25) is 0 Å². The van der Waals surface area contributed by atoms with Crippen molar-refractivity contribution < 1.29 is 9.90 Å². The smallest absolute Gasteiger partial charge is 0.312 e. The second kappa shape index (κ2) is 3.98. The first-order valence-corrected chi connectivity index (χ1v) is 4.19. The molecule has 0 fully saturated rings. The number of nitrogens with zero attached hydrogens (tertiary/aromatic N) is 2. The van der Waals surface area contributed by atoms with E-state index in [0.29, 0.717) is 11.5 Å². The Morgan fingerprint density at radius 2 is 2.38 bits per heavy atom. The third-order valence-electron chi connectivity index (χ3n) is 1.86. The zero-order valence-corrected chi connectivity index (χ0v) is 7.69. The van der Waals surface area contributed by atoms with Crippen molar-refractivity contribution in [2.24, 2.45) is 0 Å². The molecule has 1 unspecified atom stereocenters. The first-order valence-electron chi connectivity index (χ1n) is 4.19. The van der Waals surface area contributed by atoms with Crippen molar-refractivity contribution in [2.75, 3.05) is 0 Å². The molecule has 1 atom stereocenters. The molecule has 0 aliphatic rings. The van der Waals surface area contributed by atoms with Crippen LogP contribution in [-0.4, -0.2) is 21.0 Å². The lowest BCUT2D eigenvalue weighted by molar-refractivity contribution is -0.138. The van der Waals surface area contributed by atoms with Crippen molar-refractivity contribution in [2.45, 2.75) is 26.2 Å². The van der Waals surface area contributed by atoms with Gasteiger partial charge in [-0.3, -0.25) is 4.79 Å². The van der Waals surface area contributed by atoms with E-state index in [-0.39, 0.29) is 0 Å². The van der Waals surface area contributed by atoms with Crippen LogP contribution in [0, 0.1) is 0 Å². The second-order valence-corrected chi connectivity index (χ2v) is 2.81. The zero-order chi connectivity index (χ0) is 9.84. The van der Waals surface area contributed by atoms with Crippen LogP contribution >= 0.6 is 0 Å². The van der Waals surface area contributed by atoms with E-state index in [0.717, 1.165) is 6.42 Å². The van der Waals surface area contributed by atoms with Gasteiger partial charge in [0.05, 0.1) is 11.6 Å². The summed E-state index contributed by atoms with van der Waals surface area (Å²) in [4.78, 5) is 18.8. The quantitative estimate of drug-likeness (QED) is 0.759. The number of carboxylic acids is 1. The highest BCUT2D eigenvalue weighted by Crippen LogP contribution is 2.11. The van der Waals surface area contributed by atoms with Gasteiger partial charge in [0, 0.05) is 12.6 Å². The SMILES string of the molecule is CCc1nccc(C(C)C(=O)O)n1. The molecule has 1 heterocycles. The molecule has 0 bridgehead atoms. The summed E-state index contributed by atoms with van der Waals surface area (Å²) in [7, 11) is 0. The topological polar surface area (TPSA) is 63.1 Å². The van der Waals surface area contributed by atoms with Crippen LogP contribution in [0.5, 0.6) is 0 Å². The number of aliphatic carboxylic acids is 1. The van der Waals surface area contributed by atoms with Crippen LogP contribution in [0.1, 0.15) is 31.3 Å². The largest absolute Gasteiger partial charge is 0.481 e. The molecule has 1 N–H and O–H groups in total. The van der Waals surface area contributed by atoms with Crippen LogP contribution in [0.3, 0.4) is 0 Å². The molecular formula is C9H12N2O2. The lowest BCUT2D eigenvalue weighted by Crippen LogP contribution is -2.10. The fourth-order valence-corrected chi connectivity index (χ4v) is 0.953. The predicted octanol–water partition coefficient (Wildman–Crippen LogP) is 1.23. The first-order chi connectivity index (χ1) is 6.15. The summed E-state index contributed by atoms with van der Waals surface area (Å²) in [6, 6.07) is 1.64. The first kappa shape index (κ1) is 9.64. The molecule has 0 spiro atoms. The Kier molecular flexibility index (Phi) is 2.95. The van der Waals surface area contributed by atoms with Crippen molar-refractivity contribution in [1.29, 1.82) is 0 Å². The van der Waals surface area contributed by atoms with Gasteiger partial charge in [-0.2, -0.15) is 0 Å². The third-order valence-corrected chi connectivity index (χ3v) is 1.86. The van der Waals surface area contributed by atoms with Crippen LogP contribution in [0.4, 0.5) is 0 Å². The number of hydrogen-bond acceptors (Lipinski definition) is 3. The van der Waals surface area contributed by atoms with E-state index in [9.17, 15) is 4.79 Å². The van der Waals surface area contributed by atoms with Crippen LogP contribution in [0.2, 0.25) is 0 Å². The molecule has 0 radical (unpaired) electrons. The maximum Gasteiger partial charge on any atom is 0.312 e. The van der Waals surface area contributed by atoms with Gasteiger partial charge in [-0.15, -0.1) is 0 Å². The third kappa shape index (κ3) is 2.24. The average molecular weight is 180 g/mol. The Hall–Kier alpha value is -1.45. The summed E-state index contributed by atoms with van der Waals surface area (Å²) in [6.45, 7) is 3.55. The van der Waals surface area contributed by atoms with E-state index in [1.54, 1.807) is 19.2 Å². The van der Waals surface area contributed by atoms with E-state index < -0.39 is 11.9 Å². The molecule has 0 amide bonds. The maximum absolute atomic E-state index is 10.6. The molecular weight excluding hydrogens is 168 g/mol. The molecule has 1 aromatic rings. The van der Waals surface area contributed by atoms with E-state index in [2.05, 4.69) is 9.97 Å². The van der Waals surface area contributed by atoms with Gasteiger partial charge in [0.1, 0.15) is 5.82 Å². The van der Waals surface area contributed by atoms with E-state index in [1.807, 2.05) is 6.92 Å². The van der Waals surface area contributed by atoms with Gasteiger partial charge in [-0.25, -0.2) is 9.97 Å². The molecule has 13 heavy (non-hydrogen) atoms. The molecule has 0 saturated carbocycles. The van der Waals surface area contributed by atoms with Crippen LogP contribution < -0.4 is 0 Å². The van der Waals surface area contributed by atoms with Crippen molar-refractivity contribution in [3.63, 3.8) is 0 Å². The van der Waals surface area contributed by atoms with E-state index in [1.165, 1.54) is 0 Å². The van der Waals surface area contributed by atoms with Crippen molar-refractivity contribution in [3.05, 3.63) is 23.8 Å². The highest BCUT2D eigenvalue weighted by atomic mass is 16.4. The van der Waals surface area contributed by atoms with Gasteiger partial charge >= 0.3 is 5.97 Å². The molecule has 0 aliphatic heterocycles. The van der Waals surface area contributed by atoms with E-state index >= 15 is 0 Å². The number of hydrogen-bond donors (Lipinski definition) is 1. The summed E-state index contributed by atoms with van der Waals surface area (Å²) in [5, 5.41) is 8.74. The Balaban J connectivity index is 2.94. The molecule has 0 aliphatic carbocycles. The van der Waals surface area contributed by atoms with Crippen molar-refractivity contribution >= 4 is 5.97 Å². The molecule has 1 aromatic heterocycles. The highest BCUT2D eigenvalue weighted by molar-refractivity contribution is 5.74. The number of aromatic nitrogens is 2. The number of carboxylic acid groups (broad SMARTS) is 1. The number of carbonyl (C=O) groups is 1. The standard InChI is InChI=1S/C9H12N2O2/c1-3-8-10-5-4-7(11-8)6(2)9(12)13/h4-6H,3H2,1-2H3,(H,12,13). The molecule has 4 nitrogen and oxygen atoms in total. The minimum Gasteiger partial charge on any atom is -0.481 e. The molecule has 70 valence electrons. The minimum atomic E-state index is -0.860. The molecule has 1 rings (SSSR count). The van der Waals surface area contributed by atoms with Crippen molar-refractivity contribution in [1.82, 2.24) is 9.97 Å². The van der Waals surface area contributed by atoms with Gasteiger partial charge in [0.15, 0.2) is 0 Å². The minimum absolute atomic E-state index is 0.562. The summed E-state index contributed by atoms with van der Waals surface area (Å²) in [5.41, 5.74) is 0.569. The van der Waals surface area contributed by atoms with Crippen LogP contribution in [0.25, 0.3) is 0 Å². The van der Waals surface area contributed by atoms with Gasteiger partial charge in [-0.05, 0) is 13.0 Å². The zero-order valence-electron chi connectivity index (χ0n) is 7.69. The summed E-state index contributed by atoms with van der Waals surface area (Å²) < 4.78 is 0. The van der Waals surface area contributed by atoms with Gasteiger partial charge < -0.3 is 5.11 Å². The fraction of sp³-hybridized carbons (Fsp3) is 0.444. The second-order valence-electron chi connectivity index (χ2n) is 2.81. The summed E-state index contributed by atoms with van der Waals surface area (Å²) >= 11 is 0. The Morgan fingerprint density at radius 1 is 1.69 bits per heavy atom. The van der Waals surface area contributed by atoms with Crippen LogP contribution in [0.15, 0.2) is 12.3 Å². The lowest BCUT2D eigenvalue weighted by Gasteiger charge is -2.05. The van der Waals surface area contributed by atoms with Gasteiger partial charge in [0.25, 0.3) is 0 Å². The molecule has 0 saturated heterocycles. The monoisotopic (exact) mass is 180 g/mol. The predicted molar refractivity (Wildman–Crippen MR) is 47.5 cm³/mol. The normalized spacial score (nSPS) is 12.5. The summed E-state index contributed by atoms with van der Waals surface area (Å²) in [6.07, 6.45) is 2.32. The number of aryl methyl sites for hydroxylation is 1. The molecule has 4 heteroatoms. The van der Waals surface area contributed by atoms with Crippen molar-refractivity contribution in [3.8, 4) is 0 Å². The number of rotatable bonds is 3. The highest BCUT2D eigenvalue weighted by Gasteiger charge is 2.15. The maximum atomic E-state index is 10.6. The Morgan fingerprint density at radius 3 is 2.92 bits per heavy atom. The van der Waals surface area contributed by atoms with Gasteiger partial charge in [-0.1, -0.05) is 6.92 Å². The molecule has 0 aromatic carbocycles.